The molecule has 3 aromatic rings. The van der Waals surface area contributed by atoms with E-state index in [2.05, 4.69) is 25.4 Å². The number of alkyl halides is 3. The molecule has 0 aliphatic rings. The van der Waals surface area contributed by atoms with Crippen molar-refractivity contribution in [3.05, 3.63) is 59.5 Å². The number of carbonyl (C=O) groups excluding carboxylic acids is 1. The zero-order valence-electron chi connectivity index (χ0n) is 13.4. The Bertz CT molecular complexity index is 925. The quantitative estimate of drug-likeness (QED) is 0.766. The van der Waals surface area contributed by atoms with Crippen LogP contribution in [-0.2, 0) is 12.7 Å². The van der Waals surface area contributed by atoms with E-state index in [0.717, 1.165) is 12.1 Å². The first kappa shape index (κ1) is 17.5. The molecule has 3 heterocycles. The molecule has 0 atom stereocenters. The van der Waals surface area contributed by atoms with Crippen molar-refractivity contribution in [3.8, 4) is 11.4 Å². The van der Waals surface area contributed by atoms with E-state index in [9.17, 15) is 18.0 Å². The van der Waals surface area contributed by atoms with Crippen LogP contribution in [0.4, 0.5) is 13.2 Å². The number of aromatic nitrogens is 4. The summed E-state index contributed by atoms with van der Waals surface area (Å²) in [5.41, 5.74) is -0.346. The Morgan fingerprint density at radius 3 is 2.54 bits per heavy atom. The molecule has 0 aliphatic carbocycles. The average molecular weight is 363 g/mol. The van der Waals surface area contributed by atoms with Crippen molar-refractivity contribution in [2.45, 2.75) is 19.6 Å². The predicted octanol–water partition coefficient (Wildman–Crippen LogP) is 2.78. The highest BCUT2D eigenvalue weighted by molar-refractivity contribution is 5.95. The maximum Gasteiger partial charge on any atom is 0.433 e. The molecule has 1 amide bonds. The van der Waals surface area contributed by atoms with Gasteiger partial charge in [0.15, 0.2) is 0 Å². The van der Waals surface area contributed by atoms with Crippen molar-refractivity contribution in [1.29, 1.82) is 0 Å². The van der Waals surface area contributed by atoms with Crippen molar-refractivity contribution >= 4 is 5.91 Å². The van der Waals surface area contributed by atoms with Crippen LogP contribution >= 0.6 is 0 Å². The summed E-state index contributed by atoms with van der Waals surface area (Å²) in [5, 5.41) is 6.30. The van der Waals surface area contributed by atoms with Crippen molar-refractivity contribution in [3.63, 3.8) is 0 Å². The van der Waals surface area contributed by atoms with Gasteiger partial charge in [-0.15, -0.1) is 0 Å². The molecule has 10 heteroatoms. The Labute approximate surface area is 145 Å². The monoisotopic (exact) mass is 363 g/mol. The minimum atomic E-state index is -4.56. The minimum Gasteiger partial charge on any atom is -0.343 e. The van der Waals surface area contributed by atoms with E-state index in [1.54, 1.807) is 24.5 Å². The highest BCUT2D eigenvalue weighted by atomic mass is 19.4. The third-order valence-corrected chi connectivity index (χ3v) is 3.43. The first-order chi connectivity index (χ1) is 12.3. The Balaban J connectivity index is 1.67. The van der Waals surface area contributed by atoms with Crippen molar-refractivity contribution in [1.82, 2.24) is 25.4 Å². The van der Waals surface area contributed by atoms with Gasteiger partial charge in [-0.05, 0) is 31.2 Å². The first-order valence-corrected chi connectivity index (χ1v) is 7.40. The van der Waals surface area contributed by atoms with Crippen LogP contribution in [0.2, 0.25) is 0 Å². The molecule has 1 N–H and O–H groups in total. The molecule has 0 bridgehead atoms. The molecule has 0 fully saturated rings. The normalized spacial score (nSPS) is 11.4. The standard InChI is InChI=1S/C16H12F3N5O2/c1-9-11(2-3-12(22-9)16(17,18)19)15(25)21-8-13-23-14(24-26-13)10-4-6-20-7-5-10/h2-7H,8H2,1H3,(H,21,25). The van der Waals surface area contributed by atoms with Gasteiger partial charge in [-0.2, -0.15) is 18.2 Å². The van der Waals surface area contributed by atoms with Crippen LogP contribution in [0.25, 0.3) is 11.4 Å². The lowest BCUT2D eigenvalue weighted by Gasteiger charge is -2.09. The number of amides is 1. The lowest BCUT2D eigenvalue weighted by atomic mass is 10.1. The Morgan fingerprint density at radius 2 is 1.88 bits per heavy atom. The Morgan fingerprint density at radius 1 is 1.15 bits per heavy atom. The van der Waals surface area contributed by atoms with E-state index in [4.69, 9.17) is 4.52 Å². The molecule has 0 radical (unpaired) electrons. The minimum absolute atomic E-state index is 0.0275. The number of hydrogen-bond acceptors (Lipinski definition) is 6. The number of pyridine rings is 2. The van der Waals surface area contributed by atoms with Gasteiger partial charge in [0.25, 0.3) is 5.91 Å². The van der Waals surface area contributed by atoms with E-state index in [1.807, 2.05) is 0 Å². The summed E-state index contributed by atoms with van der Waals surface area (Å²) in [6.07, 6.45) is -1.41. The van der Waals surface area contributed by atoms with Gasteiger partial charge in [0, 0.05) is 18.0 Å². The van der Waals surface area contributed by atoms with Crippen LogP contribution in [0.3, 0.4) is 0 Å². The maximum atomic E-state index is 12.6. The van der Waals surface area contributed by atoms with Crippen molar-refractivity contribution in [2.75, 3.05) is 0 Å². The maximum absolute atomic E-state index is 12.6. The average Bonchev–Trinajstić information content (AvgIpc) is 3.08. The van der Waals surface area contributed by atoms with Crippen LogP contribution in [-0.4, -0.2) is 26.0 Å². The van der Waals surface area contributed by atoms with Crippen LogP contribution in [0.5, 0.6) is 0 Å². The molecular weight excluding hydrogens is 351 g/mol. The molecule has 0 aromatic carbocycles. The number of nitrogens with one attached hydrogen (secondary N) is 1. The van der Waals surface area contributed by atoms with Crippen LogP contribution in [0.1, 0.15) is 27.6 Å². The van der Waals surface area contributed by atoms with Gasteiger partial charge in [-0.25, -0.2) is 4.98 Å². The second kappa shape index (κ2) is 6.90. The number of nitrogens with zero attached hydrogens (tertiary/aromatic N) is 4. The van der Waals surface area contributed by atoms with E-state index in [1.165, 1.54) is 6.92 Å². The van der Waals surface area contributed by atoms with Crippen LogP contribution in [0.15, 0.2) is 41.2 Å². The SMILES string of the molecule is Cc1nc(C(F)(F)F)ccc1C(=O)NCc1nc(-c2ccncc2)no1. The molecule has 0 spiro atoms. The van der Waals surface area contributed by atoms with E-state index < -0.39 is 17.8 Å². The Kier molecular flexibility index (Phi) is 4.65. The van der Waals surface area contributed by atoms with E-state index >= 15 is 0 Å². The van der Waals surface area contributed by atoms with Gasteiger partial charge in [-0.1, -0.05) is 5.16 Å². The number of halogens is 3. The molecule has 0 unspecified atom stereocenters. The van der Waals surface area contributed by atoms with Crippen LogP contribution < -0.4 is 5.32 Å². The molecule has 3 rings (SSSR count). The summed E-state index contributed by atoms with van der Waals surface area (Å²) in [5.74, 6) is -0.0981. The molecule has 7 nitrogen and oxygen atoms in total. The van der Waals surface area contributed by atoms with Crippen LogP contribution in [0, 0.1) is 6.92 Å². The zero-order valence-corrected chi connectivity index (χ0v) is 13.4. The highest BCUT2D eigenvalue weighted by Crippen LogP contribution is 2.28. The lowest BCUT2D eigenvalue weighted by molar-refractivity contribution is -0.141. The lowest BCUT2D eigenvalue weighted by Crippen LogP contribution is -2.24. The predicted molar refractivity (Wildman–Crippen MR) is 82.7 cm³/mol. The molecule has 134 valence electrons. The third-order valence-electron chi connectivity index (χ3n) is 3.43. The van der Waals surface area contributed by atoms with Gasteiger partial charge < -0.3 is 9.84 Å². The molecule has 0 aliphatic heterocycles. The largest absolute Gasteiger partial charge is 0.433 e. The van der Waals surface area contributed by atoms with E-state index in [0.29, 0.717) is 11.4 Å². The third kappa shape index (κ3) is 3.85. The molecule has 3 aromatic heterocycles. The Hall–Kier alpha value is -3.30. The van der Waals surface area contributed by atoms with E-state index in [-0.39, 0.29) is 23.7 Å². The number of aryl methyl sites for hydroxylation is 1. The van der Waals surface area contributed by atoms with Crippen molar-refractivity contribution < 1.29 is 22.5 Å². The summed E-state index contributed by atoms with van der Waals surface area (Å²) in [6.45, 7) is 1.26. The zero-order chi connectivity index (χ0) is 18.7. The smallest absolute Gasteiger partial charge is 0.343 e. The second-order valence-corrected chi connectivity index (χ2v) is 5.26. The number of carbonyl (C=O) groups is 1. The fourth-order valence-electron chi connectivity index (χ4n) is 2.15. The summed E-state index contributed by atoms with van der Waals surface area (Å²) >= 11 is 0. The topological polar surface area (TPSA) is 93.8 Å². The second-order valence-electron chi connectivity index (χ2n) is 5.26. The summed E-state index contributed by atoms with van der Waals surface area (Å²) in [6, 6.07) is 5.24. The summed E-state index contributed by atoms with van der Waals surface area (Å²) in [4.78, 5) is 23.6. The summed E-state index contributed by atoms with van der Waals surface area (Å²) in [7, 11) is 0. The number of rotatable bonds is 4. The molecule has 26 heavy (non-hydrogen) atoms. The first-order valence-electron chi connectivity index (χ1n) is 7.40. The molecular formula is C16H12F3N5O2. The van der Waals surface area contributed by atoms with Gasteiger partial charge in [0.05, 0.1) is 17.8 Å². The van der Waals surface area contributed by atoms with Gasteiger partial charge in [-0.3, -0.25) is 9.78 Å². The van der Waals surface area contributed by atoms with Gasteiger partial charge in [0.2, 0.25) is 11.7 Å². The highest BCUT2D eigenvalue weighted by Gasteiger charge is 2.33. The summed E-state index contributed by atoms with van der Waals surface area (Å²) < 4.78 is 42.9. The van der Waals surface area contributed by atoms with Gasteiger partial charge >= 0.3 is 6.18 Å². The van der Waals surface area contributed by atoms with Crippen molar-refractivity contribution in [2.24, 2.45) is 0 Å². The molecule has 0 saturated heterocycles. The molecule has 0 saturated carbocycles. The number of hydrogen-bond donors (Lipinski definition) is 1. The fourth-order valence-corrected chi connectivity index (χ4v) is 2.15. The fraction of sp³-hybridized carbons (Fsp3) is 0.188. The van der Waals surface area contributed by atoms with Gasteiger partial charge in [0.1, 0.15) is 5.69 Å².